The minimum absolute atomic E-state index is 0.179. The summed E-state index contributed by atoms with van der Waals surface area (Å²) in [5.74, 6) is 0.429. The van der Waals surface area contributed by atoms with Gasteiger partial charge >= 0.3 is 0 Å². The van der Waals surface area contributed by atoms with Crippen LogP contribution in [0.15, 0.2) is 85.1 Å². The van der Waals surface area contributed by atoms with Gasteiger partial charge in [0.15, 0.2) is 0 Å². The summed E-state index contributed by atoms with van der Waals surface area (Å²) in [5, 5.41) is 3.60. The predicted molar refractivity (Wildman–Crippen MR) is 134 cm³/mol. The molecule has 0 aliphatic heterocycles. The Morgan fingerprint density at radius 1 is 0.839 bits per heavy atom. The zero-order chi connectivity index (χ0) is 21.8. The van der Waals surface area contributed by atoms with E-state index >= 15 is 0 Å². The fourth-order valence-electron chi connectivity index (χ4n) is 4.42. The number of halogens is 2. The summed E-state index contributed by atoms with van der Waals surface area (Å²) >= 11 is 12.6. The molecule has 0 aliphatic rings. The number of anilines is 1. The van der Waals surface area contributed by atoms with E-state index in [0.717, 1.165) is 18.7 Å². The van der Waals surface area contributed by atoms with Gasteiger partial charge < -0.3 is 4.90 Å². The van der Waals surface area contributed by atoms with Crippen molar-refractivity contribution in [2.45, 2.75) is 25.2 Å². The number of pyridine rings is 1. The quantitative estimate of drug-likeness (QED) is 0.285. The Morgan fingerprint density at radius 3 is 2.32 bits per heavy atom. The molecule has 4 heteroatoms. The molecule has 31 heavy (non-hydrogen) atoms. The van der Waals surface area contributed by atoms with E-state index in [1.807, 2.05) is 24.4 Å². The SMILES string of the molecule is CCC(c1ccc(Cl)c(Cl)c1)C(CN(C)c1ccccc1)c1nccc2ccccc12. The molecule has 158 valence electrons. The van der Waals surface area contributed by atoms with Crippen LogP contribution in [-0.4, -0.2) is 18.6 Å². The van der Waals surface area contributed by atoms with Crippen molar-refractivity contribution in [3.63, 3.8) is 0 Å². The van der Waals surface area contributed by atoms with Gasteiger partial charge in [0.05, 0.1) is 15.7 Å². The number of benzene rings is 3. The van der Waals surface area contributed by atoms with Crippen molar-refractivity contribution in [3.8, 4) is 0 Å². The van der Waals surface area contributed by atoms with E-state index in [4.69, 9.17) is 28.2 Å². The first-order chi connectivity index (χ1) is 15.1. The molecule has 4 rings (SSSR count). The fourth-order valence-corrected chi connectivity index (χ4v) is 4.73. The predicted octanol–water partition coefficient (Wildman–Crippen LogP) is 7.96. The van der Waals surface area contributed by atoms with Gasteiger partial charge in [-0.25, -0.2) is 0 Å². The van der Waals surface area contributed by atoms with Crippen molar-refractivity contribution in [3.05, 3.63) is 106 Å². The summed E-state index contributed by atoms with van der Waals surface area (Å²) in [5.41, 5.74) is 3.51. The lowest BCUT2D eigenvalue weighted by atomic mass is 9.80. The van der Waals surface area contributed by atoms with Gasteiger partial charge in [0, 0.05) is 36.8 Å². The zero-order valence-corrected chi connectivity index (χ0v) is 19.3. The number of nitrogens with zero attached hydrogens (tertiary/aromatic N) is 2. The molecule has 0 bridgehead atoms. The Balaban J connectivity index is 1.82. The van der Waals surface area contributed by atoms with Gasteiger partial charge in [-0.1, -0.05) is 78.7 Å². The smallest absolute Gasteiger partial charge is 0.0595 e. The van der Waals surface area contributed by atoms with E-state index in [1.54, 1.807) is 0 Å². The number of fused-ring (bicyclic) bond motifs is 1. The summed E-state index contributed by atoms with van der Waals surface area (Å²) in [6.07, 6.45) is 2.89. The van der Waals surface area contributed by atoms with Crippen LogP contribution in [0.3, 0.4) is 0 Å². The maximum atomic E-state index is 6.40. The molecule has 0 N–H and O–H groups in total. The van der Waals surface area contributed by atoms with Crippen molar-refractivity contribution >= 4 is 39.7 Å². The molecular formula is C27H26Cl2N2. The van der Waals surface area contributed by atoms with Gasteiger partial charge in [-0.2, -0.15) is 0 Å². The lowest BCUT2D eigenvalue weighted by Crippen LogP contribution is -2.28. The van der Waals surface area contributed by atoms with Crippen molar-refractivity contribution in [2.75, 3.05) is 18.5 Å². The van der Waals surface area contributed by atoms with Crippen LogP contribution in [0.4, 0.5) is 5.69 Å². The van der Waals surface area contributed by atoms with Gasteiger partial charge in [0.2, 0.25) is 0 Å². The van der Waals surface area contributed by atoms with E-state index in [2.05, 4.69) is 79.5 Å². The monoisotopic (exact) mass is 448 g/mol. The highest BCUT2D eigenvalue weighted by molar-refractivity contribution is 6.42. The fraction of sp³-hybridized carbons (Fsp3) is 0.222. The number of aromatic nitrogens is 1. The molecule has 1 aromatic heterocycles. The molecule has 0 spiro atoms. The second-order valence-electron chi connectivity index (χ2n) is 7.93. The first-order valence-electron chi connectivity index (χ1n) is 10.6. The van der Waals surface area contributed by atoms with Crippen LogP contribution < -0.4 is 4.90 Å². The summed E-state index contributed by atoms with van der Waals surface area (Å²) < 4.78 is 0. The Morgan fingerprint density at radius 2 is 1.58 bits per heavy atom. The van der Waals surface area contributed by atoms with Crippen molar-refractivity contribution in [1.29, 1.82) is 0 Å². The lowest BCUT2D eigenvalue weighted by molar-refractivity contribution is 0.515. The highest BCUT2D eigenvalue weighted by atomic mass is 35.5. The molecule has 3 aromatic carbocycles. The lowest BCUT2D eigenvalue weighted by Gasteiger charge is -2.32. The molecule has 0 radical (unpaired) electrons. The average Bonchev–Trinajstić information content (AvgIpc) is 2.81. The van der Waals surface area contributed by atoms with E-state index in [9.17, 15) is 0 Å². The topological polar surface area (TPSA) is 16.1 Å². The summed E-state index contributed by atoms with van der Waals surface area (Å²) in [4.78, 5) is 7.22. The third kappa shape index (κ3) is 4.71. The third-order valence-electron chi connectivity index (χ3n) is 6.02. The maximum Gasteiger partial charge on any atom is 0.0595 e. The molecule has 0 aliphatic carbocycles. The first-order valence-corrected chi connectivity index (χ1v) is 11.4. The van der Waals surface area contributed by atoms with Crippen LogP contribution in [0, 0.1) is 0 Å². The van der Waals surface area contributed by atoms with Crippen molar-refractivity contribution in [1.82, 2.24) is 4.98 Å². The number of para-hydroxylation sites is 1. The molecule has 0 amide bonds. The average molecular weight is 449 g/mol. The Kier molecular flexibility index (Phi) is 6.80. The van der Waals surface area contributed by atoms with E-state index in [-0.39, 0.29) is 11.8 Å². The molecule has 2 atom stereocenters. The van der Waals surface area contributed by atoms with Gasteiger partial charge in [-0.05, 0) is 53.6 Å². The van der Waals surface area contributed by atoms with E-state index in [1.165, 1.54) is 22.0 Å². The Hall–Kier alpha value is -2.55. The normalized spacial score (nSPS) is 13.2. The molecule has 4 aromatic rings. The zero-order valence-electron chi connectivity index (χ0n) is 17.8. The van der Waals surface area contributed by atoms with Crippen LogP contribution in [0.1, 0.15) is 36.4 Å². The second-order valence-corrected chi connectivity index (χ2v) is 8.74. The molecule has 2 nitrogen and oxygen atoms in total. The van der Waals surface area contributed by atoms with Crippen molar-refractivity contribution < 1.29 is 0 Å². The van der Waals surface area contributed by atoms with Gasteiger partial charge in [0.25, 0.3) is 0 Å². The summed E-state index contributed by atoms with van der Waals surface area (Å²) in [6, 6.07) is 27.1. The number of hydrogen-bond acceptors (Lipinski definition) is 2. The molecule has 0 saturated carbocycles. The first kappa shape index (κ1) is 21.7. The standard InChI is InChI=1S/C27H26Cl2N2/c1-3-22(20-13-14-25(28)26(29)17-20)24(18-31(2)21-10-5-4-6-11-21)27-23-12-8-7-9-19(23)15-16-30-27/h4-17,22,24H,3,18H2,1-2H3. The van der Waals surface area contributed by atoms with Crippen LogP contribution in [0.5, 0.6) is 0 Å². The van der Waals surface area contributed by atoms with Gasteiger partial charge in [-0.3, -0.25) is 4.98 Å². The van der Waals surface area contributed by atoms with Crippen LogP contribution in [-0.2, 0) is 0 Å². The molecule has 1 heterocycles. The van der Waals surface area contributed by atoms with Crippen molar-refractivity contribution in [2.24, 2.45) is 0 Å². The minimum atomic E-state index is 0.179. The largest absolute Gasteiger partial charge is 0.374 e. The van der Waals surface area contributed by atoms with E-state index in [0.29, 0.717) is 10.0 Å². The number of rotatable bonds is 7. The van der Waals surface area contributed by atoms with Crippen LogP contribution in [0.2, 0.25) is 10.0 Å². The van der Waals surface area contributed by atoms with Crippen LogP contribution >= 0.6 is 23.2 Å². The highest BCUT2D eigenvalue weighted by Crippen LogP contribution is 2.40. The van der Waals surface area contributed by atoms with Gasteiger partial charge in [0.1, 0.15) is 0 Å². The molecule has 2 unspecified atom stereocenters. The summed E-state index contributed by atoms with van der Waals surface area (Å²) in [7, 11) is 2.15. The van der Waals surface area contributed by atoms with Crippen LogP contribution in [0.25, 0.3) is 10.8 Å². The Labute approximate surface area is 194 Å². The highest BCUT2D eigenvalue weighted by Gasteiger charge is 2.28. The Bertz CT molecular complexity index is 1150. The van der Waals surface area contributed by atoms with Gasteiger partial charge in [-0.15, -0.1) is 0 Å². The third-order valence-corrected chi connectivity index (χ3v) is 6.76. The minimum Gasteiger partial charge on any atom is -0.374 e. The number of hydrogen-bond donors (Lipinski definition) is 0. The summed E-state index contributed by atoms with van der Waals surface area (Å²) in [6.45, 7) is 3.07. The molecular weight excluding hydrogens is 423 g/mol. The maximum absolute atomic E-state index is 6.40. The van der Waals surface area contributed by atoms with E-state index < -0.39 is 0 Å². The number of likely N-dealkylation sites (N-methyl/N-ethyl adjacent to an activating group) is 1. The molecule has 0 fully saturated rings. The second kappa shape index (κ2) is 9.72. The molecule has 0 saturated heterocycles.